The predicted octanol–water partition coefficient (Wildman–Crippen LogP) is 2.86. The normalized spacial score (nSPS) is 25.3. The molecular formula is C20H31N3O2. The molecule has 1 aromatic rings. The van der Waals surface area contributed by atoms with Gasteiger partial charge in [-0.05, 0) is 44.6 Å². The molecule has 3 atom stereocenters. The van der Waals surface area contributed by atoms with E-state index in [0.29, 0.717) is 24.9 Å². The van der Waals surface area contributed by atoms with Crippen LogP contribution in [0.2, 0.25) is 0 Å². The van der Waals surface area contributed by atoms with Gasteiger partial charge >= 0.3 is 0 Å². The van der Waals surface area contributed by atoms with Crippen LogP contribution in [0.15, 0.2) is 35.3 Å². The second-order valence-corrected chi connectivity index (χ2v) is 6.87. The molecule has 2 N–H and O–H groups in total. The Labute approximate surface area is 151 Å². The highest BCUT2D eigenvalue weighted by Gasteiger charge is 2.41. The summed E-state index contributed by atoms with van der Waals surface area (Å²) in [4.78, 5) is 4.70. The SMILES string of the molecule is CCNC(=NCCCCOCc1ccccc1)NC1CC2CCC1O2. The van der Waals surface area contributed by atoms with Gasteiger partial charge in [-0.25, -0.2) is 0 Å². The van der Waals surface area contributed by atoms with E-state index in [0.717, 1.165) is 44.9 Å². The molecule has 2 heterocycles. The summed E-state index contributed by atoms with van der Waals surface area (Å²) in [5.74, 6) is 0.925. The Hall–Kier alpha value is -1.59. The third-order valence-electron chi connectivity index (χ3n) is 4.85. The highest BCUT2D eigenvalue weighted by molar-refractivity contribution is 5.80. The molecule has 3 rings (SSSR count). The predicted molar refractivity (Wildman–Crippen MR) is 101 cm³/mol. The molecule has 0 aliphatic carbocycles. The highest BCUT2D eigenvalue weighted by atomic mass is 16.5. The fraction of sp³-hybridized carbons (Fsp3) is 0.650. The summed E-state index contributed by atoms with van der Waals surface area (Å²) in [7, 11) is 0. The number of rotatable bonds is 9. The van der Waals surface area contributed by atoms with Gasteiger partial charge in [0, 0.05) is 19.7 Å². The largest absolute Gasteiger partial charge is 0.377 e. The van der Waals surface area contributed by atoms with Gasteiger partial charge in [-0.2, -0.15) is 0 Å². The van der Waals surface area contributed by atoms with Gasteiger partial charge in [0.05, 0.1) is 24.9 Å². The number of aliphatic imine (C=N–C) groups is 1. The summed E-state index contributed by atoms with van der Waals surface area (Å²) >= 11 is 0. The third kappa shape index (κ3) is 5.72. The van der Waals surface area contributed by atoms with Crippen molar-refractivity contribution in [2.24, 2.45) is 4.99 Å². The molecule has 5 nitrogen and oxygen atoms in total. The molecule has 1 aromatic carbocycles. The summed E-state index contributed by atoms with van der Waals surface area (Å²) < 4.78 is 11.6. The first-order valence-corrected chi connectivity index (χ1v) is 9.67. The van der Waals surface area contributed by atoms with E-state index in [1.54, 1.807) is 0 Å². The summed E-state index contributed by atoms with van der Waals surface area (Å²) in [6.07, 6.45) is 6.43. The maximum Gasteiger partial charge on any atom is 0.191 e. The monoisotopic (exact) mass is 345 g/mol. The Kier molecular flexibility index (Phi) is 7.12. The first kappa shape index (κ1) is 18.2. The van der Waals surface area contributed by atoms with Crippen LogP contribution >= 0.6 is 0 Å². The molecule has 3 unspecified atom stereocenters. The van der Waals surface area contributed by atoms with Gasteiger partial charge in [-0.3, -0.25) is 4.99 Å². The highest BCUT2D eigenvalue weighted by Crippen LogP contribution is 2.34. The first-order chi connectivity index (χ1) is 12.3. The second kappa shape index (κ2) is 9.78. The first-order valence-electron chi connectivity index (χ1n) is 9.67. The number of nitrogens with one attached hydrogen (secondary N) is 2. The van der Waals surface area contributed by atoms with E-state index in [9.17, 15) is 0 Å². The molecule has 2 bridgehead atoms. The second-order valence-electron chi connectivity index (χ2n) is 6.87. The topological polar surface area (TPSA) is 54.9 Å². The molecule has 0 spiro atoms. The maximum atomic E-state index is 5.91. The maximum absolute atomic E-state index is 5.91. The molecule has 5 heteroatoms. The zero-order valence-electron chi connectivity index (χ0n) is 15.2. The van der Waals surface area contributed by atoms with Gasteiger partial charge < -0.3 is 20.1 Å². The Morgan fingerprint density at radius 1 is 1.24 bits per heavy atom. The lowest BCUT2D eigenvalue weighted by atomic mass is 9.96. The van der Waals surface area contributed by atoms with Crippen LogP contribution < -0.4 is 10.6 Å². The average molecular weight is 345 g/mol. The van der Waals surface area contributed by atoms with Crippen LogP contribution in [0.25, 0.3) is 0 Å². The molecule has 2 aliphatic rings. The summed E-state index contributed by atoms with van der Waals surface area (Å²) in [5, 5.41) is 6.90. The number of benzene rings is 1. The van der Waals surface area contributed by atoms with Crippen LogP contribution in [-0.4, -0.2) is 43.9 Å². The van der Waals surface area contributed by atoms with E-state index in [2.05, 4.69) is 29.7 Å². The minimum Gasteiger partial charge on any atom is -0.377 e. The van der Waals surface area contributed by atoms with Crippen LogP contribution in [0.4, 0.5) is 0 Å². The van der Waals surface area contributed by atoms with Crippen LogP contribution in [0.5, 0.6) is 0 Å². The number of guanidine groups is 1. The number of unbranched alkanes of at least 4 members (excludes halogenated alkanes) is 1. The van der Waals surface area contributed by atoms with Gasteiger partial charge in [-0.1, -0.05) is 30.3 Å². The standard InChI is InChI=1S/C20H31N3O2/c1-2-21-20(23-18-14-17-10-11-19(18)25-17)22-12-6-7-13-24-15-16-8-4-3-5-9-16/h3-5,8-9,17-19H,2,6-7,10-15H2,1H3,(H2,21,22,23). The van der Waals surface area contributed by atoms with Crippen molar-refractivity contribution in [2.45, 2.75) is 63.9 Å². The average Bonchev–Trinajstić information content (AvgIpc) is 3.25. The van der Waals surface area contributed by atoms with Crippen molar-refractivity contribution in [1.29, 1.82) is 0 Å². The van der Waals surface area contributed by atoms with Crippen molar-refractivity contribution in [3.63, 3.8) is 0 Å². The Morgan fingerprint density at radius 2 is 2.12 bits per heavy atom. The fourth-order valence-electron chi connectivity index (χ4n) is 3.56. The number of nitrogens with zero attached hydrogens (tertiary/aromatic N) is 1. The smallest absolute Gasteiger partial charge is 0.191 e. The van der Waals surface area contributed by atoms with Crippen molar-refractivity contribution >= 4 is 5.96 Å². The molecule has 2 fully saturated rings. The van der Waals surface area contributed by atoms with E-state index in [-0.39, 0.29) is 0 Å². The van der Waals surface area contributed by atoms with Crippen molar-refractivity contribution < 1.29 is 9.47 Å². The molecular weight excluding hydrogens is 314 g/mol. The Bertz CT molecular complexity index is 535. The molecule has 0 saturated carbocycles. The number of fused-ring (bicyclic) bond motifs is 2. The Morgan fingerprint density at radius 3 is 2.84 bits per heavy atom. The van der Waals surface area contributed by atoms with E-state index >= 15 is 0 Å². The van der Waals surface area contributed by atoms with Crippen LogP contribution in [0.1, 0.15) is 44.6 Å². The van der Waals surface area contributed by atoms with E-state index in [4.69, 9.17) is 14.5 Å². The van der Waals surface area contributed by atoms with Gasteiger partial charge in [-0.15, -0.1) is 0 Å². The number of hydrogen-bond acceptors (Lipinski definition) is 3. The number of hydrogen-bond donors (Lipinski definition) is 2. The third-order valence-corrected chi connectivity index (χ3v) is 4.85. The zero-order chi connectivity index (χ0) is 17.3. The van der Waals surface area contributed by atoms with Gasteiger partial charge in [0.2, 0.25) is 0 Å². The summed E-state index contributed by atoms with van der Waals surface area (Å²) in [6.45, 7) is 5.29. The lowest BCUT2D eigenvalue weighted by Gasteiger charge is -2.22. The van der Waals surface area contributed by atoms with Gasteiger partial charge in [0.1, 0.15) is 0 Å². The Balaban J connectivity index is 1.30. The van der Waals surface area contributed by atoms with E-state index in [1.807, 2.05) is 18.2 Å². The van der Waals surface area contributed by atoms with Gasteiger partial charge in [0.15, 0.2) is 5.96 Å². The summed E-state index contributed by atoms with van der Waals surface area (Å²) in [5.41, 5.74) is 1.23. The van der Waals surface area contributed by atoms with E-state index in [1.165, 1.54) is 18.4 Å². The molecule has 0 amide bonds. The van der Waals surface area contributed by atoms with Crippen molar-refractivity contribution in [2.75, 3.05) is 19.7 Å². The quantitative estimate of drug-likeness (QED) is 0.410. The summed E-state index contributed by atoms with van der Waals surface area (Å²) in [6, 6.07) is 10.7. The van der Waals surface area contributed by atoms with Crippen molar-refractivity contribution in [3.05, 3.63) is 35.9 Å². The molecule has 25 heavy (non-hydrogen) atoms. The minimum atomic E-state index is 0.375. The lowest BCUT2D eigenvalue weighted by Crippen LogP contribution is -2.47. The van der Waals surface area contributed by atoms with Crippen molar-refractivity contribution in [3.8, 4) is 0 Å². The minimum absolute atomic E-state index is 0.375. The zero-order valence-corrected chi connectivity index (χ0v) is 15.2. The molecule has 2 aliphatic heterocycles. The van der Waals surface area contributed by atoms with Gasteiger partial charge in [0.25, 0.3) is 0 Å². The molecule has 138 valence electrons. The van der Waals surface area contributed by atoms with Crippen LogP contribution in [-0.2, 0) is 16.1 Å². The lowest BCUT2D eigenvalue weighted by molar-refractivity contribution is 0.0992. The number of ether oxygens (including phenoxy) is 2. The van der Waals surface area contributed by atoms with Crippen LogP contribution in [0.3, 0.4) is 0 Å². The molecule has 0 radical (unpaired) electrons. The molecule has 2 saturated heterocycles. The van der Waals surface area contributed by atoms with Crippen LogP contribution in [0, 0.1) is 0 Å². The van der Waals surface area contributed by atoms with Crippen molar-refractivity contribution in [1.82, 2.24) is 10.6 Å². The molecule has 0 aromatic heterocycles. The fourth-order valence-corrected chi connectivity index (χ4v) is 3.56. The van der Waals surface area contributed by atoms with E-state index < -0.39 is 0 Å².